The topological polar surface area (TPSA) is 98.3 Å². The molecule has 6 nitrogen and oxygen atoms in total. The Hall–Kier alpha value is -2.18. The molecule has 1 aromatic rings. The van der Waals surface area contributed by atoms with Crippen LogP contribution in [0.2, 0.25) is 0 Å². The zero-order valence-electron chi connectivity index (χ0n) is 10.2. The van der Waals surface area contributed by atoms with Crippen molar-refractivity contribution in [2.75, 3.05) is 12.3 Å². The molecule has 19 heavy (non-hydrogen) atoms. The van der Waals surface area contributed by atoms with E-state index < -0.39 is 22.3 Å². The van der Waals surface area contributed by atoms with Gasteiger partial charge in [-0.3, -0.25) is 14.9 Å². The second-order valence-corrected chi connectivity index (χ2v) is 4.63. The van der Waals surface area contributed by atoms with Gasteiger partial charge in [0.25, 0.3) is 11.6 Å². The van der Waals surface area contributed by atoms with E-state index in [1.165, 1.54) is 12.8 Å². The van der Waals surface area contributed by atoms with E-state index in [-0.39, 0.29) is 11.3 Å². The summed E-state index contributed by atoms with van der Waals surface area (Å²) in [5.41, 5.74) is 4.44. The Balaban J connectivity index is 2.12. The van der Waals surface area contributed by atoms with E-state index in [1.54, 1.807) is 0 Å². The highest BCUT2D eigenvalue weighted by Crippen LogP contribution is 2.32. The first-order valence-electron chi connectivity index (χ1n) is 6.00. The van der Waals surface area contributed by atoms with E-state index in [4.69, 9.17) is 5.73 Å². The molecule has 0 bridgehead atoms. The highest BCUT2D eigenvalue weighted by Gasteiger charge is 2.23. The molecule has 2 rings (SSSR count). The minimum Gasteiger partial charge on any atom is -0.393 e. The molecule has 1 amide bonds. The Kier molecular flexibility index (Phi) is 3.64. The summed E-state index contributed by atoms with van der Waals surface area (Å²) in [4.78, 5) is 21.7. The van der Waals surface area contributed by atoms with Crippen LogP contribution >= 0.6 is 0 Å². The molecule has 0 aromatic heterocycles. The van der Waals surface area contributed by atoms with Gasteiger partial charge in [0.15, 0.2) is 0 Å². The van der Waals surface area contributed by atoms with Crippen LogP contribution in [0.1, 0.15) is 29.6 Å². The molecule has 0 radical (unpaired) electrons. The van der Waals surface area contributed by atoms with Crippen LogP contribution in [0.5, 0.6) is 0 Å². The number of halogens is 1. The van der Waals surface area contributed by atoms with Gasteiger partial charge in [-0.2, -0.15) is 0 Å². The standard InChI is InChI=1S/C12H14FN3O3/c13-8-5-9(11(14)10(6-8)16(18)19)12(17)15-4-3-7-1-2-7/h5-7H,1-4,14H2,(H,15,17). The van der Waals surface area contributed by atoms with Gasteiger partial charge in [-0.25, -0.2) is 4.39 Å². The van der Waals surface area contributed by atoms with Crippen molar-refractivity contribution in [2.24, 2.45) is 5.92 Å². The van der Waals surface area contributed by atoms with Crippen molar-refractivity contribution in [3.05, 3.63) is 33.6 Å². The molecule has 0 spiro atoms. The Morgan fingerprint density at radius 1 is 1.53 bits per heavy atom. The molecule has 0 heterocycles. The van der Waals surface area contributed by atoms with E-state index in [2.05, 4.69) is 5.32 Å². The molecule has 7 heteroatoms. The maximum atomic E-state index is 13.2. The molecule has 3 N–H and O–H groups in total. The van der Waals surface area contributed by atoms with Gasteiger partial charge in [-0.05, 0) is 18.4 Å². The van der Waals surface area contributed by atoms with E-state index >= 15 is 0 Å². The summed E-state index contributed by atoms with van der Waals surface area (Å²) >= 11 is 0. The molecule has 0 aliphatic heterocycles. The minimum atomic E-state index is -0.853. The monoisotopic (exact) mass is 267 g/mol. The predicted octanol–water partition coefficient (Wildman–Crippen LogP) is 1.85. The lowest BCUT2D eigenvalue weighted by Gasteiger charge is -2.07. The average molecular weight is 267 g/mol. The van der Waals surface area contributed by atoms with E-state index in [9.17, 15) is 19.3 Å². The van der Waals surface area contributed by atoms with E-state index in [0.29, 0.717) is 18.5 Å². The van der Waals surface area contributed by atoms with Crippen LogP contribution in [-0.2, 0) is 0 Å². The maximum Gasteiger partial charge on any atom is 0.295 e. The maximum absolute atomic E-state index is 13.2. The van der Waals surface area contributed by atoms with Crippen molar-refractivity contribution in [3.63, 3.8) is 0 Å². The molecular formula is C12H14FN3O3. The van der Waals surface area contributed by atoms with Crippen molar-refractivity contribution in [1.29, 1.82) is 0 Å². The smallest absolute Gasteiger partial charge is 0.295 e. The lowest BCUT2D eigenvalue weighted by Crippen LogP contribution is -2.26. The predicted molar refractivity (Wildman–Crippen MR) is 67.1 cm³/mol. The second kappa shape index (κ2) is 5.21. The first-order chi connectivity index (χ1) is 8.99. The molecule has 1 aromatic carbocycles. The van der Waals surface area contributed by atoms with Crippen LogP contribution < -0.4 is 11.1 Å². The van der Waals surface area contributed by atoms with E-state index in [1.807, 2.05) is 0 Å². The van der Waals surface area contributed by atoms with Gasteiger partial charge in [0.05, 0.1) is 16.6 Å². The molecular weight excluding hydrogens is 253 g/mol. The molecule has 1 aliphatic rings. The number of hydrogen-bond donors (Lipinski definition) is 2. The number of nitrogens with one attached hydrogen (secondary N) is 1. The Bertz CT molecular complexity index is 529. The zero-order chi connectivity index (χ0) is 14.0. The number of rotatable bonds is 5. The third kappa shape index (κ3) is 3.18. The third-order valence-electron chi connectivity index (χ3n) is 3.10. The first-order valence-corrected chi connectivity index (χ1v) is 6.00. The quantitative estimate of drug-likeness (QED) is 0.483. The summed E-state index contributed by atoms with van der Waals surface area (Å²) in [6.45, 7) is 0.466. The Labute approximate surface area is 108 Å². The fourth-order valence-electron chi connectivity index (χ4n) is 1.83. The number of hydrogen-bond acceptors (Lipinski definition) is 4. The number of carbonyl (C=O) groups excluding carboxylic acids is 1. The lowest BCUT2D eigenvalue weighted by molar-refractivity contribution is -0.384. The first kappa shape index (κ1) is 13.3. The van der Waals surface area contributed by atoms with Crippen molar-refractivity contribution in [1.82, 2.24) is 5.32 Å². The Morgan fingerprint density at radius 2 is 2.21 bits per heavy atom. The van der Waals surface area contributed by atoms with Crippen LogP contribution in [-0.4, -0.2) is 17.4 Å². The molecule has 1 aliphatic carbocycles. The van der Waals surface area contributed by atoms with Crippen LogP contribution in [0.4, 0.5) is 15.8 Å². The van der Waals surface area contributed by atoms with Crippen molar-refractivity contribution in [2.45, 2.75) is 19.3 Å². The average Bonchev–Trinajstić information content (AvgIpc) is 3.15. The van der Waals surface area contributed by atoms with Crippen LogP contribution in [0.25, 0.3) is 0 Å². The molecule has 0 unspecified atom stereocenters. The lowest BCUT2D eigenvalue weighted by atomic mass is 10.1. The SMILES string of the molecule is Nc1c(C(=O)NCCC2CC2)cc(F)cc1[N+](=O)[O-]. The van der Waals surface area contributed by atoms with Gasteiger partial charge in [-0.1, -0.05) is 12.8 Å². The highest BCUT2D eigenvalue weighted by molar-refractivity contribution is 6.01. The van der Waals surface area contributed by atoms with Gasteiger partial charge >= 0.3 is 0 Å². The molecule has 1 saturated carbocycles. The van der Waals surface area contributed by atoms with Gasteiger partial charge in [0.2, 0.25) is 0 Å². The Morgan fingerprint density at radius 3 is 2.79 bits per heavy atom. The van der Waals surface area contributed by atoms with Crippen molar-refractivity contribution >= 4 is 17.3 Å². The van der Waals surface area contributed by atoms with Crippen LogP contribution in [0.3, 0.4) is 0 Å². The van der Waals surface area contributed by atoms with Gasteiger partial charge in [0, 0.05) is 6.54 Å². The fourth-order valence-corrected chi connectivity index (χ4v) is 1.83. The summed E-state index contributed by atoms with van der Waals surface area (Å²) in [7, 11) is 0. The largest absolute Gasteiger partial charge is 0.393 e. The van der Waals surface area contributed by atoms with Gasteiger partial charge in [-0.15, -0.1) is 0 Å². The van der Waals surface area contributed by atoms with Crippen LogP contribution in [0, 0.1) is 21.8 Å². The zero-order valence-corrected chi connectivity index (χ0v) is 10.2. The van der Waals surface area contributed by atoms with Gasteiger partial charge in [0.1, 0.15) is 11.5 Å². The molecule has 102 valence electrons. The van der Waals surface area contributed by atoms with Crippen LogP contribution in [0.15, 0.2) is 12.1 Å². The number of nitrogens with zero attached hydrogens (tertiary/aromatic N) is 1. The molecule has 0 saturated heterocycles. The molecule has 1 fully saturated rings. The fraction of sp³-hybridized carbons (Fsp3) is 0.417. The second-order valence-electron chi connectivity index (χ2n) is 4.63. The summed E-state index contributed by atoms with van der Waals surface area (Å²) in [6.07, 6.45) is 3.20. The summed E-state index contributed by atoms with van der Waals surface area (Å²) in [6, 6.07) is 1.62. The summed E-state index contributed by atoms with van der Waals surface area (Å²) in [5.74, 6) is -0.784. The number of carbonyl (C=O) groups is 1. The number of benzene rings is 1. The molecule has 0 atom stereocenters. The number of nitrogens with two attached hydrogens (primary N) is 1. The number of anilines is 1. The number of nitro benzene ring substituents is 1. The minimum absolute atomic E-state index is 0.192. The number of nitro groups is 1. The normalized spacial score (nSPS) is 14.2. The summed E-state index contributed by atoms with van der Waals surface area (Å²) < 4.78 is 13.2. The van der Waals surface area contributed by atoms with Gasteiger partial charge < -0.3 is 11.1 Å². The van der Waals surface area contributed by atoms with Crippen molar-refractivity contribution in [3.8, 4) is 0 Å². The number of amides is 1. The van der Waals surface area contributed by atoms with E-state index in [0.717, 1.165) is 12.5 Å². The highest BCUT2D eigenvalue weighted by atomic mass is 19.1. The third-order valence-corrected chi connectivity index (χ3v) is 3.10. The number of nitrogen functional groups attached to an aromatic ring is 1. The summed E-state index contributed by atoms with van der Waals surface area (Å²) in [5, 5.41) is 13.3. The van der Waals surface area contributed by atoms with Crippen molar-refractivity contribution < 1.29 is 14.1 Å².